The predicted molar refractivity (Wildman–Crippen MR) is 114 cm³/mol. The molecule has 0 radical (unpaired) electrons. The molecular weight excluding hydrogens is 386 g/mol. The Bertz CT molecular complexity index is 1080. The zero-order valence-electron chi connectivity index (χ0n) is 16.6. The van der Waals surface area contributed by atoms with Crippen LogP contribution in [-0.2, 0) is 4.79 Å². The molecule has 0 saturated carbocycles. The number of carboxylic acid groups (broad SMARTS) is 1. The molecule has 1 aliphatic heterocycles. The predicted octanol–water partition coefficient (Wildman–Crippen LogP) is 4.01. The molecule has 2 N–H and O–H groups in total. The first kappa shape index (κ1) is 20.8. The van der Waals surface area contributed by atoms with Crippen molar-refractivity contribution in [3.05, 3.63) is 81.0 Å². The van der Waals surface area contributed by atoms with Gasteiger partial charge in [-0.2, -0.15) is 0 Å². The van der Waals surface area contributed by atoms with Crippen LogP contribution in [0.15, 0.2) is 54.2 Å². The van der Waals surface area contributed by atoms with Crippen LogP contribution >= 0.6 is 0 Å². The van der Waals surface area contributed by atoms with Gasteiger partial charge in [0.1, 0.15) is 0 Å². The van der Waals surface area contributed by atoms with Gasteiger partial charge in [0.05, 0.1) is 21.8 Å². The van der Waals surface area contributed by atoms with Gasteiger partial charge in [-0.15, -0.1) is 0 Å². The fourth-order valence-electron chi connectivity index (χ4n) is 3.36. The maximum absolute atomic E-state index is 12.6. The van der Waals surface area contributed by atoms with Crippen LogP contribution in [0.5, 0.6) is 0 Å². The van der Waals surface area contributed by atoms with Crippen molar-refractivity contribution in [3.8, 4) is 0 Å². The Morgan fingerprint density at radius 3 is 2.43 bits per heavy atom. The van der Waals surface area contributed by atoms with Gasteiger partial charge in [0, 0.05) is 30.4 Å². The standard InChI is InChI=1S/C22H21N3O5/c1-3-24(4-2)21(26)15-9-11-16(19(13-15)25(29)30)20(22(27)28)18-12-10-14-7-5-6-8-17(14)23-18/h5-13,23H,3-4H2,1-2H3,(H,27,28). The van der Waals surface area contributed by atoms with E-state index < -0.39 is 16.6 Å². The van der Waals surface area contributed by atoms with Crippen molar-refractivity contribution in [1.29, 1.82) is 0 Å². The maximum atomic E-state index is 12.6. The number of hydrogen-bond acceptors (Lipinski definition) is 5. The number of nitro groups is 1. The van der Waals surface area contributed by atoms with Crippen LogP contribution < -0.4 is 5.32 Å². The van der Waals surface area contributed by atoms with E-state index in [1.807, 2.05) is 26.0 Å². The number of amides is 1. The molecule has 2 aromatic rings. The first-order valence-corrected chi connectivity index (χ1v) is 9.47. The number of allylic oxidation sites excluding steroid dienone is 1. The molecule has 30 heavy (non-hydrogen) atoms. The highest BCUT2D eigenvalue weighted by Gasteiger charge is 2.27. The second-order valence-corrected chi connectivity index (χ2v) is 6.61. The minimum atomic E-state index is -1.31. The van der Waals surface area contributed by atoms with E-state index in [0.717, 1.165) is 11.6 Å². The summed E-state index contributed by atoms with van der Waals surface area (Å²) in [4.78, 5) is 37.3. The Hall–Kier alpha value is -3.94. The van der Waals surface area contributed by atoms with Crippen molar-refractivity contribution in [3.63, 3.8) is 0 Å². The van der Waals surface area contributed by atoms with E-state index in [1.165, 1.54) is 17.0 Å². The van der Waals surface area contributed by atoms with E-state index >= 15 is 0 Å². The van der Waals surface area contributed by atoms with Crippen LogP contribution in [0, 0.1) is 10.1 Å². The Balaban J connectivity index is 2.14. The number of carbonyl (C=O) groups excluding carboxylic acids is 1. The van der Waals surface area contributed by atoms with Gasteiger partial charge >= 0.3 is 5.97 Å². The van der Waals surface area contributed by atoms with Crippen LogP contribution in [0.3, 0.4) is 0 Å². The molecule has 1 amide bonds. The topological polar surface area (TPSA) is 113 Å². The summed E-state index contributed by atoms with van der Waals surface area (Å²) >= 11 is 0. The van der Waals surface area contributed by atoms with Gasteiger partial charge in [0.15, 0.2) is 0 Å². The van der Waals surface area contributed by atoms with E-state index in [2.05, 4.69) is 5.32 Å². The number of nitro benzene ring substituents is 1. The number of hydrogen-bond donors (Lipinski definition) is 2. The number of anilines is 1. The van der Waals surface area contributed by atoms with Gasteiger partial charge < -0.3 is 15.3 Å². The molecule has 0 spiro atoms. The second-order valence-electron chi connectivity index (χ2n) is 6.61. The average Bonchev–Trinajstić information content (AvgIpc) is 2.74. The highest BCUT2D eigenvalue weighted by molar-refractivity contribution is 6.19. The Kier molecular flexibility index (Phi) is 5.96. The Labute approximate surface area is 173 Å². The van der Waals surface area contributed by atoms with Crippen molar-refractivity contribution in [1.82, 2.24) is 4.90 Å². The van der Waals surface area contributed by atoms with E-state index in [4.69, 9.17) is 0 Å². The monoisotopic (exact) mass is 407 g/mol. The number of nitrogens with zero attached hydrogens (tertiary/aromatic N) is 2. The van der Waals surface area contributed by atoms with Crippen molar-refractivity contribution in [2.75, 3.05) is 18.4 Å². The number of benzene rings is 2. The lowest BCUT2D eigenvalue weighted by molar-refractivity contribution is -0.385. The molecule has 0 aliphatic carbocycles. The number of carbonyl (C=O) groups is 2. The highest BCUT2D eigenvalue weighted by Crippen LogP contribution is 2.33. The molecule has 0 aromatic heterocycles. The fourth-order valence-corrected chi connectivity index (χ4v) is 3.36. The number of para-hydroxylation sites is 1. The van der Waals surface area contributed by atoms with E-state index in [1.54, 1.807) is 24.3 Å². The molecular formula is C22H21N3O5. The van der Waals surface area contributed by atoms with E-state index in [0.29, 0.717) is 18.8 Å². The summed E-state index contributed by atoms with van der Waals surface area (Å²) in [6.45, 7) is 4.55. The van der Waals surface area contributed by atoms with Gasteiger partial charge in [-0.05, 0) is 43.7 Å². The molecule has 0 fully saturated rings. The molecule has 2 aromatic carbocycles. The maximum Gasteiger partial charge on any atom is 0.338 e. The molecule has 3 rings (SSSR count). The zero-order chi connectivity index (χ0) is 21.8. The summed E-state index contributed by atoms with van der Waals surface area (Å²) in [5.74, 6) is -1.66. The highest BCUT2D eigenvalue weighted by atomic mass is 16.6. The summed E-state index contributed by atoms with van der Waals surface area (Å²) in [7, 11) is 0. The third-order valence-electron chi connectivity index (χ3n) is 4.90. The SMILES string of the molecule is CCN(CC)C(=O)c1ccc(C(C(=O)O)=C2C=Cc3ccccc3N2)c([N+](=O)[O-])c1. The second kappa shape index (κ2) is 8.60. The normalized spacial score (nSPS) is 13.8. The molecule has 1 heterocycles. The summed E-state index contributed by atoms with van der Waals surface area (Å²) in [6.07, 6.45) is 3.32. The molecule has 8 nitrogen and oxygen atoms in total. The number of rotatable bonds is 6. The lowest BCUT2D eigenvalue weighted by atomic mass is 9.97. The van der Waals surface area contributed by atoms with Crippen molar-refractivity contribution in [2.45, 2.75) is 13.8 Å². The third kappa shape index (κ3) is 3.93. The largest absolute Gasteiger partial charge is 0.478 e. The van der Waals surface area contributed by atoms with Crippen LogP contribution in [0.1, 0.15) is 35.3 Å². The Morgan fingerprint density at radius 2 is 1.80 bits per heavy atom. The minimum Gasteiger partial charge on any atom is -0.478 e. The first-order valence-electron chi connectivity index (χ1n) is 9.47. The summed E-state index contributed by atoms with van der Waals surface area (Å²) in [6, 6.07) is 11.2. The molecule has 0 unspecified atom stereocenters. The minimum absolute atomic E-state index is 0.0740. The number of fused-ring (bicyclic) bond motifs is 1. The lowest BCUT2D eigenvalue weighted by Crippen LogP contribution is -2.30. The number of aliphatic carboxylic acids is 1. The molecule has 0 bridgehead atoms. The van der Waals surface area contributed by atoms with Crippen LogP contribution in [0.25, 0.3) is 11.6 Å². The number of carboxylic acids is 1. The third-order valence-corrected chi connectivity index (χ3v) is 4.90. The van der Waals surface area contributed by atoms with Crippen molar-refractivity contribution >= 4 is 34.9 Å². The van der Waals surface area contributed by atoms with Crippen LogP contribution in [-0.4, -0.2) is 39.9 Å². The summed E-state index contributed by atoms with van der Waals surface area (Å²) in [5.41, 5.74) is 1.19. The molecule has 1 aliphatic rings. The van der Waals surface area contributed by atoms with Gasteiger partial charge in [-0.1, -0.05) is 24.3 Å². The summed E-state index contributed by atoms with van der Waals surface area (Å²) < 4.78 is 0. The van der Waals surface area contributed by atoms with E-state index in [-0.39, 0.29) is 28.3 Å². The molecule has 8 heteroatoms. The van der Waals surface area contributed by atoms with Gasteiger partial charge in [0.2, 0.25) is 0 Å². The van der Waals surface area contributed by atoms with Gasteiger partial charge in [0.25, 0.3) is 11.6 Å². The van der Waals surface area contributed by atoms with Gasteiger partial charge in [-0.3, -0.25) is 14.9 Å². The zero-order valence-corrected chi connectivity index (χ0v) is 16.6. The molecule has 154 valence electrons. The fraction of sp³-hybridized carbons (Fsp3) is 0.182. The van der Waals surface area contributed by atoms with Crippen LogP contribution in [0.2, 0.25) is 0 Å². The number of nitrogens with one attached hydrogen (secondary N) is 1. The van der Waals surface area contributed by atoms with E-state index in [9.17, 15) is 24.8 Å². The van der Waals surface area contributed by atoms with Crippen molar-refractivity contribution < 1.29 is 19.6 Å². The lowest BCUT2D eigenvalue weighted by Gasteiger charge is -2.20. The quantitative estimate of drug-likeness (QED) is 0.425. The van der Waals surface area contributed by atoms with Crippen LogP contribution in [0.4, 0.5) is 11.4 Å². The summed E-state index contributed by atoms with van der Waals surface area (Å²) in [5, 5.41) is 24.6. The van der Waals surface area contributed by atoms with Gasteiger partial charge in [-0.25, -0.2) is 4.79 Å². The molecule has 0 atom stereocenters. The average molecular weight is 407 g/mol. The smallest absolute Gasteiger partial charge is 0.338 e. The first-order chi connectivity index (χ1) is 14.4. The van der Waals surface area contributed by atoms with Crippen molar-refractivity contribution in [2.24, 2.45) is 0 Å². The molecule has 0 saturated heterocycles. The Morgan fingerprint density at radius 1 is 1.10 bits per heavy atom.